The highest BCUT2D eigenvalue weighted by Gasteiger charge is 2.21. The fraction of sp³-hybridized carbons (Fsp3) is 0.250. The van der Waals surface area contributed by atoms with Crippen molar-refractivity contribution >= 4 is 50.4 Å². The highest BCUT2D eigenvalue weighted by atomic mass is 35.5. The van der Waals surface area contributed by atoms with Crippen LogP contribution in [0.2, 0.25) is 5.02 Å². The first-order chi connectivity index (χ1) is 15.6. The molecule has 32 heavy (non-hydrogen) atoms. The molecule has 3 heterocycles. The molecular weight excluding hydrogens is 444 g/mol. The van der Waals surface area contributed by atoms with Crippen LogP contribution in [0.1, 0.15) is 20.9 Å². The molecule has 0 bridgehead atoms. The topological polar surface area (TPSA) is 59.4 Å². The Balaban J connectivity index is 1.43. The number of morpholine rings is 1. The second-order valence-corrected chi connectivity index (χ2v) is 9.19. The summed E-state index contributed by atoms with van der Waals surface area (Å²) in [6, 6.07) is 17.7. The number of fused-ring (bicyclic) bond motifs is 1. The summed E-state index contributed by atoms with van der Waals surface area (Å²) in [5.41, 5.74) is 3.65. The van der Waals surface area contributed by atoms with Gasteiger partial charge in [0, 0.05) is 18.5 Å². The predicted molar refractivity (Wildman–Crippen MR) is 130 cm³/mol. The Kier molecular flexibility index (Phi) is 5.87. The van der Waals surface area contributed by atoms with Crippen LogP contribution in [0.3, 0.4) is 0 Å². The van der Waals surface area contributed by atoms with Crippen molar-refractivity contribution in [3.8, 4) is 0 Å². The average Bonchev–Trinajstić information content (AvgIpc) is 3.37. The molecule has 2 aromatic heterocycles. The summed E-state index contributed by atoms with van der Waals surface area (Å²) in [6.45, 7) is 5.42. The van der Waals surface area contributed by atoms with Gasteiger partial charge in [-0.15, -0.1) is 11.3 Å². The van der Waals surface area contributed by atoms with Gasteiger partial charge >= 0.3 is 0 Å². The molecule has 2 aromatic carbocycles. The summed E-state index contributed by atoms with van der Waals surface area (Å²) in [5.74, 6) is -0.145. The maximum Gasteiger partial charge on any atom is 0.265 e. The number of benzene rings is 2. The minimum atomic E-state index is -0.145. The zero-order valence-corrected chi connectivity index (χ0v) is 19.2. The number of rotatable bonds is 5. The number of anilines is 2. The van der Waals surface area contributed by atoms with Crippen LogP contribution < -0.4 is 10.2 Å². The van der Waals surface area contributed by atoms with Crippen molar-refractivity contribution in [2.75, 3.05) is 36.5 Å². The van der Waals surface area contributed by atoms with Crippen molar-refractivity contribution in [3.05, 3.63) is 75.8 Å². The summed E-state index contributed by atoms with van der Waals surface area (Å²) in [4.78, 5) is 17.0. The van der Waals surface area contributed by atoms with E-state index in [1.54, 1.807) is 0 Å². The van der Waals surface area contributed by atoms with Crippen molar-refractivity contribution in [1.29, 1.82) is 0 Å². The Morgan fingerprint density at radius 1 is 1.16 bits per heavy atom. The quantitative estimate of drug-likeness (QED) is 0.439. The van der Waals surface area contributed by atoms with E-state index in [1.165, 1.54) is 16.9 Å². The van der Waals surface area contributed by atoms with Crippen LogP contribution in [-0.2, 0) is 11.3 Å². The van der Waals surface area contributed by atoms with Crippen molar-refractivity contribution in [2.45, 2.75) is 13.5 Å². The zero-order chi connectivity index (χ0) is 22.1. The van der Waals surface area contributed by atoms with Crippen molar-refractivity contribution < 1.29 is 9.53 Å². The van der Waals surface area contributed by atoms with E-state index in [0.717, 1.165) is 34.7 Å². The molecule has 1 aliphatic rings. The van der Waals surface area contributed by atoms with Crippen molar-refractivity contribution in [2.24, 2.45) is 0 Å². The van der Waals surface area contributed by atoms with Crippen LogP contribution in [-0.4, -0.2) is 42.0 Å². The van der Waals surface area contributed by atoms with Gasteiger partial charge < -0.3 is 15.0 Å². The van der Waals surface area contributed by atoms with E-state index >= 15 is 0 Å². The van der Waals surface area contributed by atoms with E-state index in [0.29, 0.717) is 35.3 Å². The highest BCUT2D eigenvalue weighted by Crippen LogP contribution is 2.36. The molecule has 5 rings (SSSR count). The molecular formula is C24H23ClN4O2S. The lowest BCUT2D eigenvalue weighted by Crippen LogP contribution is -2.37. The molecule has 1 aliphatic heterocycles. The number of ether oxygens (including phenoxy) is 1. The van der Waals surface area contributed by atoms with Gasteiger partial charge in [-0.05, 0) is 30.7 Å². The van der Waals surface area contributed by atoms with Crippen LogP contribution >= 0.6 is 22.9 Å². The maximum absolute atomic E-state index is 13.2. The fourth-order valence-corrected chi connectivity index (χ4v) is 5.35. The minimum absolute atomic E-state index is 0.145. The molecule has 6 nitrogen and oxygen atoms in total. The minimum Gasteiger partial charge on any atom is -0.378 e. The summed E-state index contributed by atoms with van der Waals surface area (Å²) in [7, 11) is 0. The fourth-order valence-electron chi connectivity index (χ4n) is 4.00. The number of nitrogens with zero attached hydrogens (tertiary/aromatic N) is 3. The van der Waals surface area contributed by atoms with Crippen molar-refractivity contribution in [1.82, 2.24) is 9.78 Å². The van der Waals surface area contributed by atoms with Gasteiger partial charge in [0.05, 0.1) is 46.7 Å². The number of aryl methyl sites for hydroxylation is 1. The van der Waals surface area contributed by atoms with Crippen LogP contribution in [0.25, 0.3) is 10.2 Å². The van der Waals surface area contributed by atoms with Gasteiger partial charge in [-0.1, -0.05) is 48.0 Å². The Morgan fingerprint density at radius 3 is 2.72 bits per heavy atom. The van der Waals surface area contributed by atoms with E-state index in [2.05, 4.69) is 27.4 Å². The molecule has 0 aliphatic carbocycles. The monoisotopic (exact) mass is 466 g/mol. The third kappa shape index (κ3) is 4.11. The molecule has 0 spiro atoms. The van der Waals surface area contributed by atoms with Crippen molar-refractivity contribution in [3.63, 3.8) is 0 Å². The third-order valence-corrected chi connectivity index (χ3v) is 7.02. The molecule has 0 atom stereocenters. The average molecular weight is 467 g/mol. The molecule has 164 valence electrons. The normalized spacial score (nSPS) is 14.1. The first kappa shape index (κ1) is 21.0. The summed E-state index contributed by atoms with van der Waals surface area (Å²) < 4.78 is 7.43. The van der Waals surface area contributed by atoms with E-state index in [1.807, 2.05) is 54.1 Å². The lowest BCUT2D eigenvalue weighted by atomic mass is 10.2. The van der Waals surface area contributed by atoms with Crippen LogP contribution in [0, 0.1) is 6.92 Å². The number of carbonyl (C=O) groups excluding carboxylic acids is 1. The van der Waals surface area contributed by atoms with Gasteiger partial charge in [0.15, 0.2) is 0 Å². The lowest BCUT2D eigenvalue weighted by molar-refractivity contribution is 0.103. The number of halogens is 1. The molecule has 0 saturated carbocycles. The molecule has 1 saturated heterocycles. The van der Waals surface area contributed by atoms with E-state index in [4.69, 9.17) is 16.3 Å². The van der Waals surface area contributed by atoms with Gasteiger partial charge in [0.1, 0.15) is 4.83 Å². The maximum atomic E-state index is 13.2. The standard InChI is InChI=1S/C24H23ClN4O2S/c1-16-18-14-21(32-24(18)29(27-16)15-17-6-3-2-4-7-17)23(30)26-20-9-5-8-19(25)22(20)28-10-12-31-13-11-28/h2-9,14H,10-13,15H2,1H3,(H,26,30). The van der Waals surface area contributed by atoms with Crippen LogP contribution in [0.4, 0.5) is 11.4 Å². The van der Waals surface area contributed by atoms with Crippen LogP contribution in [0.5, 0.6) is 0 Å². The second kappa shape index (κ2) is 8.94. The Hall–Kier alpha value is -2.87. The number of nitrogens with one attached hydrogen (secondary N) is 1. The second-order valence-electron chi connectivity index (χ2n) is 7.75. The molecule has 0 radical (unpaired) electrons. The number of amides is 1. The Bertz CT molecular complexity index is 1260. The zero-order valence-electron chi connectivity index (χ0n) is 17.7. The third-order valence-electron chi connectivity index (χ3n) is 5.57. The van der Waals surface area contributed by atoms with Crippen LogP contribution in [0.15, 0.2) is 54.6 Å². The van der Waals surface area contributed by atoms with Gasteiger partial charge in [-0.2, -0.15) is 5.10 Å². The largest absolute Gasteiger partial charge is 0.378 e. The number of thiophene rings is 1. The number of carbonyl (C=O) groups is 1. The van der Waals surface area contributed by atoms with Gasteiger partial charge in [-0.3, -0.25) is 9.48 Å². The molecule has 1 N–H and O–H groups in total. The number of para-hydroxylation sites is 1. The molecule has 1 fully saturated rings. The van der Waals surface area contributed by atoms with E-state index in [9.17, 15) is 4.79 Å². The Morgan fingerprint density at radius 2 is 1.94 bits per heavy atom. The van der Waals surface area contributed by atoms with E-state index in [-0.39, 0.29) is 5.91 Å². The molecule has 0 unspecified atom stereocenters. The molecule has 8 heteroatoms. The Labute approximate surface area is 195 Å². The SMILES string of the molecule is Cc1nn(Cc2ccccc2)c2sc(C(=O)Nc3cccc(Cl)c3N3CCOCC3)cc12. The highest BCUT2D eigenvalue weighted by molar-refractivity contribution is 7.20. The molecule has 1 amide bonds. The predicted octanol–water partition coefficient (Wildman–Crippen LogP) is 5.20. The van der Waals surface area contributed by atoms with Gasteiger partial charge in [-0.25, -0.2) is 0 Å². The number of hydrogen-bond acceptors (Lipinski definition) is 5. The van der Waals surface area contributed by atoms with E-state index < -0.39 is 0 Å². The summed E-state index contributed by atoms with van der Waals surface area (Å²) in [5, 5.41) is 9.39. The van der Waals surface area contributed by atoms with Gasteiger partial charge in [0.2, 0.25) is 0 Å². The number of aromatic nitrogens is 2. The smallest absolute Gasteiger partial charge is 0.265 e. The first-order valence-electron chi connectivity index (χ1n) is 10.5. The first-order valence-corrected chi connectivity index (χ1v) is 11.7. The molecule has 4 aromatic rings. The summed E-state index contributed by atoms with van der Waals surface area (Å²) >= 11 is 7.97. The lowest BCUT2D eigenvalue weighted by Gasteiger charge is -2.31. The number of hydrogen-bond donors (Lipinski definition) is 1. The summed E-state index contributed by atoms with van der Waals surface area (Å²) in [6.07, 6.45) is 0. The van der Waals surface area contributed by atoms with Gasteiger partial charge in [0.25, 0.3) is 5.91 Å².